The van der Waals surface area contributed by atoms with Crippen LogP contribution in [-0.2, 0) is 19.4 Å². The van der Waals surface area contributed by atoms with Crippen molar-refractivity contribution in [3.63, 3.8) is 0 Å². The van der Waals surface area contributed by atoms with Crippen molar-refractivity contribution in [2.24, 2.45) is 0 Å². The number of fused-ring (bicyclic) bond motifs is 3. The molecule has 1 aromatic heterocycles. The van der Waals surface area contributed by atoms with Gasteiger partial charge in [-0.15, -0.1) is 0 Å². The molecule has 136 valence electrons. The lowest BCUT2D eigenvalue weighted by atomic mass is 9.99. The Labute approximate surface area is 160 Å². The molecule has 0 atom stereocenters. The number of nitrogens with zero attached hydrogens (tertiary/aromatic N) is 1. The van der Waals surface area contributed by atoms with E-state index in [0.29, 0.717) is 0 Å². The molecule has 4 aromatic rings. The van der Waals surface area contributed by atoms with Gasteiger partial charge in [-0.2, -0.15) is 0 Å². The van der Waals surface area contributed by atoms with Crippen LogP contribution in [0.4, 0.5) is 0 Å². The maximum atomic E-state index is 13.0. The summed E-state index contributed by atoms with van der Waals surface area (Å²) in [5.41, 5.74) is 3.85. The Morgan fingerprint density at radius 2 is 1.44 bits per heavy atom. The van der Waals surface area contributed by atoms with E-state index in [1.54, 1.807) is 0 Å². The zero-order valence-corrected chi connectivity index (χ0v) is 15.8. The normalized spacial score (nSPS) is 11.3. The van der Waals surface area contributed by atoms with E-state index in [9.17, 15) is 4.79 Å². The summed E-state index contributed by atoms with van der Waals surface area (Å²) >= 11 is 0. The van der Waals surface area contributed by atoms with Gasteiger partial charge in [0.25, 0.3) is 5.56 Å². The molecule has 0 unspecified atom stereocenters. The van der Waals surface area contributed by atoms with E-state index >= 15 is 0 Å². The molecular formula is C25H25NO. The van der Waals surface area contributed by atoms with Crippen LogP contribution in [0.3, 0.4) is 0 Å². The van der Waals surface area contributed by atoms with Gasteiger partial charge >= 0.3 is 0 Å². The monoisotopic (exact) mass is 355 g/mol. The first kappa shape index (κ1) is 17.5. The maximum absolute atomic E-state index is 13.0. The maximum Gasteiger partial charge on any atom is 0.258 e. The second-order valence-corrected chi connectivity index (χ2v) is 7.19. The van der Waals surface area contributed by atoms with E-state index in [-0.39, 0.29) is 5.56 Å². The van der Waals surface area contributed by atoms with E-state index in [2.05, 4.69) is 61.5 Å². The van der Waals surface area contributed by atoms with Crippen molar-refractivity contribution in [1.82, 2.24) is 4.57 Å². The predicted octanol–water partition coefficient (Wildman–Crippen LogP) is 5.74. The minimum atomic E-state index is 0.128. The van der Waals surface area contributed by atoms with Gasteiger partial charge in [-0.25, -0.2) is 0 Å². The van der Waals surface area contributed by atoms with Gasteiger partial charge in [0.05, 0.1) is 5.52 Å². The molecule has 0 bridgehead atoms. The zero-order chi connectivity index (χ0) is 18.6. The van der Waals surface area contributed by atoms with Crippen molar-refractivity contribution in [3.05, 3.63) is 94.3 Å². The fraction of sp³-hybridized carbons (Fsp3) is 0.240. The smallest absolute Gasteiger partial charge is 0.258 e. The number of hydrogen-bond donors (Lipinski definition) is 0. The molecule has 2 nitrogen and oxygen atoms in total. The summed E-state index contributed by atoms with van der Waals surface area (Å²) in [6.45, 7) is 2.94. The van der Waals surface area contributed by atoms with E-state index < -0.39 is 0 Å². The number of hydrogen-bond acceptors (Lipinski definition) is 1. The van der Waals surface area contributed by atoms with Gasteiger partial charge in [-0.1, -0.05) is 67.9 Å². The van der Waals surface area contributed by atoms with Gasteiger partial charge < -0.3 is 4.57 Å². The summed E-state index contributed by atoms with van der Waals surface area (Å²) in [6.07, 6.45) is 4.13. The van der Waals surface area contributed by atoms with Crippen LogP contribution in [-0.4, -0.2) is 4.57 Å². The SMILES string of the molecule is CCCCn1c(=O)c2ccccc2c2cc(CCc3ccccc3)ccc21. The van der Waals surface area contributed by atoms with Crippen LogP contribution in [0.1, 0.15) is 30.9 Å². The van der Waals surface area contributed by atoms with Crippen molar-refractivity contribution in [2.45, 2.75) is 39.2 Å². The van der Waals surface area contributed by atoms with Crippen LogP contribution >= 0.6 is 0 Å². The van der Waals surface area contributed by atoms with Crippen LogP contribution in [0.5, 0.6) is 0 Å². The molecule has 0 aliphatic rings. The highest BCUT2D eigenvalue weighted by molar-refractivity contribution is 6.05. The largest absolute Gasteiger partial charge is 0.308 e. The number of unbranched alkanes of at least 4 members (excludes halogenated alkanes) is 1. The lowest BCUT2D eigenvalue weighted by Crippen LogP contribution is -2.21. The first-order valence-corrected chi connectivity index (χ1v) is 9.86. The highest BCUT2D eigenvalue weighted by Crippen LogP contribution is 2.25. The van der Waals surface area contributed by atoms with E-state index in [1.807, 2.05) is 22.8 Å². The third-order valence-electron chi connectivity index (χ3n) is 5.33. The summed E-state index contributed by atoms with van der Waals surface area (Å²) in [5.74, 6) is 0. The molecule has 0 amide bonds. The third kappa shape index (κ3) is 3.52. The van der Waals surface area contributed by atoms with Crippen LogP contribution < -0.4 is 5.56 Å². The van der Waals surface area contributed by atoms with E-state index in [4.69, 9.17) is 0 Å². The average molecular weight is 355 g/mol. The summed E-state index contributed by atoms with van der Waals surface area (Å²) in [6, 6.07) is 25.2. The number of aromatic nitrogens is 1. The Hall–Kier alpha value is -2.87. The Morgan fingerprint density at radius 1 is 0.741 bits per heavy atom. The molecular weight excluding hydrogens is 330 g/mol. The summed E-state index contributed by atoms with van der Waals surface area (Å²) < 4.78 is 1.96. The number of rotatable bonds is 6. The van der Waals surface area contributed by atoms with Crippen molar-refractivity contribution in [2.75, 3.05) is 0 Å². The Bertz CT molecular complexity index is 1130. The third-order valence-corrected chi connectivity index (χ3v) is 5.33. The van der Waals surface area contributed by atoms with Crippen molar-refractivity contribution in [3.8, 4) is 0 Å². The molecule has 0 aliphatic heterocycles. The Kier molecular flexibility index (Phi) is 5.06. The molecule has 4 rings (SSSR count). The van der Waals surface area contributed by atoms with Crippen LogP contribution in [0, 0.1) is 0 Å². The fourth-order valence-corrected chi connectivity index (χ4v) is 3.82. The lowest BCUT2D eigenvalue weighted by Gasteiger charge is -2.14. The molecule has 0 fully saturated rings. The van der Waals surface area contributed by atoms with Crippen molar-refractivity contribution < 1.29 is 0 Å². The van der Waals surface area contributed by atoms with E-state index in [0.717, 1.165) is 48.5 Å². The average Bonchev–Trinajstić information content (AvgIpc) is 2.73. The van der Waals surface area contributed by atoms with Crippen LogP contribution in [0.25, 0.3) is 21.7 Å². The molecule has 2 heteroatoms. The number of benzene rings is 3. The second kappa shape index (κ2) is 7.79. The molecule has 0 aliphatic carbocycles. The summed E-state index contributed by atoms with van der Waals surface area (Å²) in [4.78, 5) is 13.0. The van der Waals surface area contributed by atoms with Crippen LogP contribution in [0.2, 0.25) is 0 Å². The quantitative estimate of drug-likeness (QED) is 0.404. The molecule has 27 heavy (non-hydrogen) atoms. The molecule has 0 saturated carbocycles. The highest BCUT2D eigenvalue weighted by Gasteiger charge is 2.11. The lowest BCUT2D eigenvalue weighted by molar-refractivity contribution is 0.635. The Morgan fingerprint density at radius 3 is 2.22 bits per heavy atom. The van der Waals surface area contributed by atoms with Gasteiger partial charge in [0, 0.05) is 17.3 Å². The van der Waals surface area contributed by atoms with E-state index in [1.165, 1.54) is 16.5 Å². The summed E-state index contributed by atoms with van der Waals surface area (Å²) in [5, 5.41) is 3.07. The minimum Gasteiger partial charge on any atom is -0.308 e. The van der Waals surface area contributed by atoms with Gasteiger partial charge in [-0.05, 0) is 54.0 Å². The van der Waals surface area contributed by atoms with Crippen molar-refractivity contribution in [1.29, 1.82) is 0 Å². The molecule has 0 radical (unpaired) electrons. The summed E-state index contributed by atoms with van der Waals surface area (Å²) in [7, 11) is 0. The van der Waals surface area contributed by atoms with Gasteiger partial charge in [-0.3, -0.25) is 4.79 Å². The van der Waals surface area contributed by atoms with Gasteiger partial charge in [0.1, 0.15) is 0 Å². The molecule has 0 spiro atoms. The van der Waals surface area contributed by atoms with Gasteiger partial charge in [0.2, 0.25) is 0 Å². The van der Waals surface area contributed by atoms with Gasteiger partial charge in [0.15, 0.2) is 0 Å². The van der Waals surface area contributed by atoms with Crippen molar-refractivity contribution >= 4 is 21.7 Å². The molecule has 1 heterocycles. The predicted molar refractivity (Wildman–Crippen MR) is 114 cm³/mol. The fourth-order valence-electron chi connectivity index (χ4n) is 3.82. The second-order valence-electron chi connectivity index (χ2n) is 7.19. The minimum absolute atomic E-state index is 0.128. The number of pyridine rings is 1. The first-order chi connectivity index (χ1) is 13.3. The molecule has 3 aromatic carbocycles. The first-order valence-electron chi connectivity index (χ1n) is 9.86. The molecule has 0 N–H and O–H groups in total. The molecule has 0 saturated heterocycles. The Balaban J connectivity index is 1.80. The highest BCUT2D eigenvalue weighted by atomic mass is 16.1. The topological polar surface area (TPSA) is 22.0 Å². The number of aryl methyl sites for hydroxylation is 3. The van der Waals surface area contributed by atoms with Crippen LogP contribution in [0.15, 0.2) is 77.6 Å². The standard InChI is InChI=1S/C25H25NO/c1-2-3-17-26-24-16-15-20(14-13-19-9-5-4-6-10-19)18-23(24)21-11-7-8-12-22(21)25(26)27/h4-12,15-16,18H,2-3,13-14,17H2,1H3. The zero-order valence-electron chi connectivity index (χ0n) is 15.8.